The van der Waals surface area contributed by atoms with E-state index in [2.05, 4.69) is 34.5 Å². The first-order chi connectivity index (χ1) is 20.9. The second-order valence-corrected chi connectivity index (χ2v) is 11.7. The van der Waals surface area contributed by atoms with Crippen molar-refractivity contribution in [1.82, 2.24) is 9.80 Å². The largest absolute Gasteiger partial charge is 0.446 e. The second-order valence-electron chi connectivity index (χ2n) is 11.7. The van der Waals surface area contributed by atoms with Gasteiger partial charge in [0.25, 0.3) is 0 Å². The van der Waals surface area contributed by atoms with Crippen LogP contribution in [0.15, 0.2) is 78.9 Å². The van der Waals surface area contributed by atoms with Gasteiger partial charge in [0.1, 0.15) is 6.10 Å². The molecule has 0 unspecified atom stereocenters. The molecule has 3 aromatic rings. The van der Waals surface area contributed by atoms with Gasteiger partial charge in [0.2, 0.25) is 5.91 Å². The Kier molecular flexibility index (Phi) is 10.5. The number of carbonyl (C=O) groups is 2. The van der Waals surface area contributed by atoms with Gasteiger partial charge in [-0.25, -0.2) is 4.79 Å². The maximum Gasteiger partial charge on any atom is 0.411 e. The van der Waals surface area contributed by atoms with Gasteiger partial charge in [0.15, 0.2) is 6.29 Å². The smallest absolute Gasteiger partial charge is 0.411 e. The van der Waals surface area contributed by atoms with Crippen LogP contribution in [0.3, 0.4) is 0 Å². The topological polar surface area (TPSA) is 80.3 Å². The molecule has 0 bridgehead atoms. The molecule has 0 aromatic heterocycles. The third kappa shape index (κ3) is 8.22. The Hall–Kier alpha value is -3.72. The Morgan fingerprint density at radius 3 is 2.19 bits per heavy atom. The fourth-order valence-corrected chi connectivity index (χ4v) is 6.40. The van der Waals surface area contributed by atoms with Crippen LogP contribution in [-0.4, -0.2) is 75.1 Å². The molecular weight excluding hydrogens is 542 g/mol. The van der Waals surface area contributed by atoms with E-state index >= 15 is 0 Å². The number of para-hydroxylation sites is 1. The number of methoxy groups -OCH3 is 2. The lowest BCUT2D eigenvalue weighted by molar-refractivity contribution is -0.143. The van der Waals surface area contributed by atoms with Crippen LogP contribution in [0.2, 0.25) is 0 Å². The Morgan fingerprint density at radius 2 is 1.51 bits per heavy atom. The number of nitrogens with one attached hydrogen (secondary N) is 1. The highest BCUT2D eigenvalue weighted by molar-refractivity contribution is 5.91. The van der Waals surface area contributed by atoms with Gasteiger partial charge >= 0.3 is 6.09 Å². The normalized spacial score (nSPS) is 19.8. The quantitative estimate of drug-likeness (QED) is 0.270. The summed E-state index contributed by atoms with van der Waals surface area (Å²) in [5.74, 6) is 1.17. The van der Waals surface area contributed by atoms with Gasteiger partial charge in [0, 0.05) is 52.9 Å². The van der Waals surface area contributed by atoms with Crippen LogP contribution >= 0.6 is 0 Å². The van der Waals surface area contributed by atoms with E-state index in [0.717, 1.165) is 54.9 Å². The fourth-order valence-electron chi connectivity index (χ4n) is 6.40. The summed E-state index contributed by atoms with van der Waals surface area (Å²) in [6.07, 6.45) is 2.13. The van der Waals surface area contributed by atoms with Crippen LogP contribution in [0, 0.1) is 11.8 Å². The van der Waals surface area contributed by atoms with E-state index in [1.165, 1.54) is 5.56 Å². The molecule has 2 amide bonds. The summed E-state index contributed by atoms with van der Waals surface area (Å²) in [5, 5.41) is 2.98. The molecule has 1 heterocycles. The van der Waals surface area contributed by atoms with Crippen molar-refractivity contribution in [2.24, 2.45) is 11.8 Å². The Morgan fingerprint density at radius 1 is 0.884 bits per heavy atom. The minimum absolute atomic E-state index is 0.0445. The molecular formula is C35H43N3O5. The van der Waals surface area contributed by atoms with Gasteiger partial charge in [-0.1, -0.05) is 72.8 Å². The van der Waals surface area contributed by atoms with E-state index in [0.29, 0.717) is 31.2 Å². The number of nitrogens with zero attached hydrogens (tertiary/aromatic N) is 2. The zero-order valence-corrected chi connectivity index (χ0v) is 25.4. The number of likely N-dealkylation sites (N-methyl/N-ethyl adjacent to an activating group) is 1. The lowest BCUT2D eigenvalue weighted by Crippen LogP contribution is -2.36. The zero-order valence-electron chi connectivity index (χ0n) is 25.4. The van der Waals surface area contributed by atoms with Gasteiger partial charge in [0.05, 0.1) is 12.2 Å². The molecule has 0 spiro atoms. The fraction of sp³-hybridized carbons (Fsp3) is 0.429. The molecule has 3 atom stereocenters. The molecule has 8 nitrogen and oxygen atoms in total. The van der Waals surface area contributed by atoms with Crippen LogP contribution in [0.25, 0.3) is 11.1 Å². The van der Waals surface area contributed by atoms with Gasteiger partial charge in [-0.15, -0.1) is 0 Å². The molecule has 1 aliphatic carbocycles. The number of ether oxygens (including phenoxy) is 3. The predicted octanol–water partition coefficient (Wildman–Crippen LogP) is 5.82. The number of aryl methyl sites for hydroxylation is 1. The minimum atomic E-state index is -0.412. The number of benzene rings is 3. The summed E-state index contributed by atoms with van der Waals surface area (Å²) in [5.41, 5.74) is 5.23. The van der Waals surface area contributed by atoms with E-state index in [-0.39, 0.29) is 18.1 Å². The van der Waals surface area contributed by atoms with E-state index in [1.54, 1.807) is 26.2 Å². The molecule has 5 rings (SSSR count). The maximum absolute atomic E-state index is 12.8. The average molecular weight is 586 g/mol. The van der Waals surface area contributed by atoms with Gasteiger partial charge in [-0.05, 0) is 53.9 Å². The summed E-state index contributed by atoms with van der Waals surface area (Å²) in [7, 11) is 4.92. The first-order valence-electron chi connectivity index (χ1n) is 15.1. The van der Waals surface area contributed by atoms with Crippen LogP contribution in [0.5, 0.6) is 0 Å². The highest BCUT2D eigenvalue weighted by atomic mass is 16.7. The summed E-state index contributed by atoms with van der Waals surface area (Å²) in [4.78, 5) is 29.5. The molecule has 0 radical (unpaired) electrons. The molecule has 1 aliphatic heterocycles. The van der Waals surface area contributed by atoms with E-state index < -0.39 is 6.29 Å². The molecule has 43 heavy (non-hydrogen) atoms. The summed E-state index contributed by atoms with van der Waals surface area (Å²) in [6, 6.07) is 26.5. The van der Waals surface area contributed by atoms with E-state index in [9.17, 15) is 9.59 Å². The van der Waals surface area contributed by atoms with Crippen molar-refractivity contribution in [3.8, 4) is 11.1 Å². The molecule has 3 aromatic carbocycles. The Labute approximate surface area is 254 Å². The molecule has 228 valence electrons. The van der Waals surface area contributed by atoms with Crippen LogP contribution in [0.1, 0.15) is 30.4 Å². The molecule has 1 saturated heterocycles. The van der Waals surface area contributed by atoms with Crippen molar-refractivity contribution < 1.29 is 23.8 Å². The third-order valence-corrected chi connectivity index (χ3v) is 8.74. The Balaban J connectivity index is 1.04. The monoisotopic (exact) mass is 585 g/mol. The third-order valence-electron chi connectivity index (χ3n) is 8.74. The van der Waals surface area contributed by atoms with Crippen LogP contribution < -0.4 is 5.32 Å². The standard InChI is InChI=1S/C35H43N3O5/c1-37(24-34(41-2)42-3)33(39)18-17-25-13-15-26(16-14-25)21-38-22-28-19-30(20-29(28)23-38)43-35(40)36-32-12-8-7-11-31(32)27-9-5-4-6-10-27/h4-16,28-30,34H,17-24H2,1-3H3,(H,36,40)/t28-,29+,30+. The lowest BCUT2D eigenvalue weighted by Gasteiger charge is -2.22. The van der Waals surface area contributed by atoms with Crippen LogP contribution in [-0.2, 0) is 32.0 Å². The number of hydrogen-bond acceptors (Lipinski definition) is 6. The zero-order chi connectivity index (χ0) is 30.2. The van der Waals surface area contributed by atoms with Gasteiger partial charge < -0.3 is 19.1 Å². The SMILES string of the molecule is COC(CN(C)C(=O)CCc1ccc(CN2C[C@H]3C[C@H](OC(=O)Nc4ccccc4-c4ccccc4)C[C@H]3C2)cc1)OC. The van der Waals surface area contributed by atoms with Crippen molar-refractivity contribution >= 4 is 17.7 Å². The average Bonchev–Trinajstić information content (AvgIpc) is 3.57. The highest BCUT2D eigenvalue weighted by Gasteiger charge is 2.42. The van der Waals surface area contributed by atoms with E-state index in [4.69, 9.17) is 14.2 Å². The van der Waals surface area contributed by atoms with Crippen molar-refractivity contribution in [2.75, 3.05) is 46.2 Å². The van der Waals surface area contributed by atoms with Crippen LogP contribution in [0.4, 0.5) is 10.5 Å². The number of amides is 2. The Bertz CT molecular complexity index is 1330. The first-order valence-corrected chi connectivity index (χ1v) is 15.1. The molecule has 8 heteroatoms. The highest BCUT2D eigenvalue weighted by Crippen LogP contribution is 2.40. The number of fused-ring (bicyclic) bond motifs is 1. The van der Waals surface area contributed by atoms with Crippen molar-refractivity contribution in [2.45, 2.75) is 44.6 Å². The molecule has 1 saturated carbocycles. The second kappa shape index (κ2) is 14.6. The van der Waals surface area contributed by atoms with Crippen molar-refractivity contribution in [1.29, 1.82) is 0 Å². The van der Waals surface area contributed by atoms with Gasteiger partial charge in [-0.3, -0.25) is 15.0 Å². The number of rotatable bonds is 12. The number of carbonyl (C=O) groups excluding carboxylic acids is 2. The number of hydrogen-bond donors (Lipinski definition) is 1. The maximum atomic E-state index is 12.8. The van der Waals surface area contributed by atoms with Crippen molar-refractivity contribution in [3.63, 3.8) is 0 Å². The molecule has 2 aliphatic rings. The lowest BCUT2D eigenvalue weighted by atomic mass is 10.0. The van der Waals surface area contributed by atoms with E-state index in [1.807, 2.05) is 54.6 Å². The summed E-state index contributed by atoms with van der Waals surface area (Å²) >= 11 is 0. The number of anilines is 1. The van der Waals surface area contributed by atoms with Gasteiger partial charge in [-0.2, -0.15) is 0 Å². The predicted molar refractivity (Wildman–Crippen MR) is 167 cm³/mol. The first kappa shape index (κ1) is 30.7. The minimum Gasteiger partial charge on any atom is -0.446 e. The number of likely N-dealkylation sites (tertiary alicyclic amines) is 1. The molecule has 2 fully saturated rings. The summed E-state index contributed by atoms with van der Waals surface area (Å²) < 4.78 is 16.3. The van der Waals surface area contributed by atoms with Crippen molar-refractivity contribution in [3.05, 3.63) is 90.0 Å². The molecule has 1 N–H and O–H groups in total. The summed E-state index contributed by atoms with van der Waals surface area (Å²) in [6.45, 7) is 3.36.